The van der Waals surface area contributed by atoms with Crippen LogP contribution in [0.2, 0.25) is 0 Å². The van der Waals surface area contributed by atoms with Gasteiger partial charge in [-0.05, 0) is 31.5 Å². The second-order valence-corrected chi connectivity index (χ2v) is 9.18. The van der Waals surface area contributed by atoms with Gasteiger partial charge in [-0.25, -0.2) is 4.98 Å². The van der Waals surface area contributed by atoms with Gasteiger partial charge in [-0.1, -0.05) is 49.3 Å². The first-order valence-corrected chi connectivity index (χ1v) is 11.7. The number of nitrogens with zero attached hydrogens (tertiary/aromatic N) is 3. The van der Waals surface area contributed by atoms with Crippen LogP contribution in [0.5, 0.6) is 0 Å². The lowest BCUT2D eigenvalue weighted by Crippen LogP contribution is -2.44. The van der Waals surface area contributed by atoms with Crippen molar-refractivity contribution in [2.45, 2.75) is 38.6 Å². The van der Waals surface area contributed by atoms with Crippen molar-refractivity contribution in [2.24, 2.45) is 0 Å². The van der Waals surface area contributed by atoms with Crippen LogP contribution in [0.15, 0.2) is 36.7 Å². The summed E-state index contributed by atoms with van der Waals surface area (Å²) in [7, 11) is 2.14. The Balaban J connectivity index is 1.43. The van der Waals surface area contributed by atoms with Gasteiger partial charge in [-0.3, -0.25) is 4.79 Å². The number of amides is 1. The number of hydrogen-bond donors (Lipinski definition) is 2. The second-order valence-electron chi connectivity index (χ2n) is 8.17. The lowest BCUT2D eigenvalue weighted by atomic mass is 10.0. The summed E-state index contributed by atoms with van der Waals surface area (Å²) >= 11 is 1.50. The third kappa shape index (κ3) is 4.84. The Morgan fingerprint density at radius 1 is 1.27 bits per heavy atom. The maximum absolute atomic E-state index is 13.0. The number of carbonyl (C=O) groups excluding carboxylic acids is 1. The Morgan fingerprint density at radius 3 is 2.87 bits per heavy atom. The second kappa shape index (κ2) is 9.62. The van der Waals surface area contributed by atoms with E-state index in [4.69, 9.17) is 0 Å². The van der Waals surface area contributed by atoms with Crippen molar-refractivity contribution in [1.29, 1.82) is 0 Å². The molecule has 7 heteroatoms. The smallest absolute Gasteiger partial charge is 0.263 e. The van der Waals surface area contributed by atoms with E-state index in [1.165, 1.54) is 22.3 Å². The van der Waals surface area contributed by atoms with E-state index in [0.717, 1.165) is 62.5 Å². The van der Waals surface area contributed by atoms with E-state index < -0.39 is 0 Å². The fraction of sp³-hybridized carbons (Fsp3) is 0.478. The summed E-state index contributed by atoms with van der Waals surface area (Å²) in [6, 6.07) is 8.46. The van der Waals surface area contributed by atoms with Gasteiger partial charge in [0.25, 0.3) is 5.91 Å². The molecule has 1 saturated heterocycles. The number of unbranched alkanes of at least 4 members (excludes halogenated alkanes) is 1. The van der Waals surface area contributed by atoms with E-state index in [1.54, 1.807) is 6.20 Å². The zero-order valence-corrected chi connectivity index (χ0v) is 18.7. The van der Waals surface area contributed by atoms with Crippen LogP contribution in [0, 0.1) is 0 Å². The normalized spacial score (nSPS) is 16.1. The summed E-state index contributed by atoms with van der Waals surface area (Å²) in [5.41, 5.74) is 2.40. The van der Waals surface area contributed by atoms with Gasteiger partial charge in [0.15, 0.2) is 5.13 Å². The minimum atomic E-state index is -0.00572. The molecule has 0 saturated carbocycles. The van der Waals surface area contributed by atoms with Crippen molar-refractivity contribution >= 4 is 33.3 Å². The zero-order valence-electron chi connectivity index (χ0n) is 17.9. The van der Waals surface area contributed by atoms with Crippen molar-refractivity contribution in [3.63, 3.8) is 0 Å². The SMILES string of the molecule is CCCC[C@H](Cc1c[nH]c2ccccc12)NC(=O)c1cnc(N2CCN(C)CC2)s1. The number of fused-ring (bicyclic) bond motifs is 1. The number of piperazine rings is 1. The molecule has 1 fully saturated rings. The van der Waals surface area contributed by atoms with E-state index in [0.29, 0.717) is 4.88 Å². The molecule has 30 heavy (non-hydrogen) atoms. The molecule has 0 bridgehead atoms. The number of rotatable bonds is 8. The molecular formula is C23H31N5OS. The van der Waals surface area contributed by atoms with Crippen molar-refractivity contribution in [3.05, 3.63) is 47.1 Å². The van der Waals surface area contributed by atoms with Crippen LogP contribution in [0.25, 0.3) is 10.9 Å². The Bertz CT molecular complexity index is 973. The topological polar surface area (TPSA) is 64.3 Å². The highest BCUT2D eigenvalue weighted by Gasteiger charge is 2.21. The van der Waals surface area contributed by atoms with Crippen LogP contribution in [0.1, 0.15) is 41.4 Å². The van der Waals surface area contributed by atoms with E-state index in [9.17, 15) is 4.79 Å². The van der Waals surface area contributed by atoms with Crippen LogP contribution in [0.3, 0.4) is 0 Å². The quantitative estimate of drug-likeness (QED) is 0.574. The number of benzene rings is 1. The Hall–Kier alpha value is -2.38. The molecule has 0 aliphatic carbocycles. The summed E-state index contributed by atoms with van der Waals surface area (Å²) < 4.78 is 0. The number of para-hydroxylation sites is 1. The van der Waals surface area contributed by atoms with Gasteiger partial charge >= 0.3 is 0 Å². The lowest BCUT2D eigenvalue weighted by molar-refractivity contribution is 0.0938. The van der Waals surface area contributed by atoms with Crippen molar-refractivity contribution in [3.8, 4) is 0 Å². The Morgan fingerprint density at radius 2 is 2.07 bits per heavy atom. The number of hydrogen-bond acceptors (Lipinski definition) is 5. The van der Waals surface area contributed by atoms with E-state index in [1.807, 2.05) is 6.07 Å². The number of thiazole rings is 1. The highest BCUT2D eigenvalue weighted by Crippen LogP contribution is 2.24. The van der Waals surface area contributed by atoms with Gasteiger partial charge in [-0.2, -0.15) is 0 Å². The number of likely N-dealkylation sites (N-methyl/N-ethyl adjacent to an activating group) is 1. The monoisotopic (exact) mass is 425 g/mol. The average molecular weight is 426 g/mol. The molecular weight excluding hydrogens is 394 g/mol. The van der Waals surface area contributed by atoms with Gasteiger partial charge in [0.05, 0.1) is 6.20 Å². The number of H-pyrrole nitrogens is 1. The van der Waals surface area contributed by atoms with Crippen molar-refractivity contribution < 1.29 is 4.79 Å². The number of aromatic nitrogens is 2. The molecule has 3 aromatic rings. The van der Waals surface area contributed by atoms with Crippen LogP contribution in [-0.2, 0) is 6.42 Å². The number of nitrogens with one attached hydrogen (secondary N) is 2. The number of anilines is 1. The summed E-state index contributed by atoms with van der Waals surface area (Å²) in [5, 5.41) is 5.48. The number of aromatic amines is 1. The Labute approximate surface area is 182 Å². The largest absolute Gasteiger partial charge is 0.361 e. The van der Waals surface area contributed by atoms with Gasteiger partial charge in [-0.15, -0.1) is 0 Å². The van der Waals surface area contributed by atoms with Gasteiger partial charge in [0.2, 0.25) is 0 Å². The standard InChI is InChI=1S/C23H31N5OS/c1-3-4-7-18(14-17-15-24-20-9-6-5-8-19(17)20)26-22(29)21-16-25-23(30-21)28-12-10-27(2)11-13-28/h5-6,8-9,15-16,18,24H,3-4,7,10-14H2,1-2H3,(H,26,29)/t18-/m1/s1. The molecule has 0 unspecified atom stereocenters. The lowest BCUT2D eigenvalue weighted by Gasteiger charge is -2.32. The zero-order chi connectivity index (χ0) is 20.9. The molecule has 2 aromatic heterocycles. The van der Waals surface area contributed by atoms with Crippen molar-refractivity contribution in [1.82, 2.24) is 20.2 Å². The van der Waals surface area contributed by atoms with Crippen LogP contribution < -0.4 is 10.2 Å². The van der Waals surface area contributed by atoms with E-state index >= 15 is 0 Å². The first kappa shape index (κ1) is 20.9. The highest BCUT2D eigenvalue weighted by atomic mass is 32.1. The molecule has 1 atom stereocenters. The van der Waals surface area contributed by atoms with Gasteiger partial charge in [0, 0.05) is 49.3 Å². The van der Waals surface area contributed by atoms with Gasteiger partial charge in [0.1, 0.15) is 4.88 Å². The Kier molecular flexibility index (Phi) is 6.69. The molecule has 0 spiro atoms. The molecule has 0 radical (unpaired) electrons. The molecule has 3 heterocycles. The average Bonchev–Trinajstić information content (AvgIpc) is 3.40. The van der Waals surface area contributed by atoms with Crippen LogP contribution in [-0.4, -0.2) is 60.0 Å². The third-order valence-electron chi connectivity index (χ3n) is 5.87. The van der Waals surface area contributed by atoms with Crippen LogP contribution in [0.4, 0.5) is 5.13 Å². The molecule has 6 nitrogen and oxygen atoms in total. The molecule has 1 amide bonds. The molecule has 2 N–H and O–H groups in total. The molecule has 1 aliphatic heterocycles. The number of carbonyl (C=O) groups is 1. The summed E-state index contributed by atoms with van der Waals surface area (Å²) in [5.74, 6) is -0.00572. The van der Waals surface area contributed by atoms with Crippen molar-refractivity contribution in [2.75, 3.05) is 38.1 Å². The molecule has 4 rings (SSSR count). The first-order chi connectivity index (χ1) is 14.6. The minimum Gasteiger partial charge on any atom is -0.361 e. The van der Waals surface area contributed by atoms with Crippen LogP contribution >= 0.6 is 11.3 Å². The molecule has 1 aromatic carbocycles. The molecule has 1 aliphatic rings. The fourth-order valence-corrected chi connectivity index (χ4v) is 4.88. The summed E-state index contributed by atoms with van der Waals surface area (Å²) in [6.07, 6.45) is 7.84. The van der Waals surface area contributed by atoms with Gasteiger partial charge < -0.3 is 20.1 Å². The fourth-order valence-electron chi connectivity index (χ4n) is 4.01. The highest BCUT2D eigenvalue weighted by molar-refractivity contribution is 7.17. The maximum Gasteiger partial charge on any atom is 0.263 e. The van der Waals surface area contributed by atoms with E-state index in [2.05, 4.69) is 63.5 Å². The summed E-state index contributed by atoms with van der Waals surface area (Å²) in [6.45, 7) is 6.18. The third-order valence-corrected chi connectivity index (χ3v) is 6.93. The van der Waals surface area contributed by atoms with E-state index in [-0.39, 0.29) is 11.9 Å². The predicted molar refractivity (Wildman–Crippen MR) is 125 cm³/mol. The summed E-state index contributed by atoms with van der Waals surface area (Å²) in [4.78, 5) is 26.2. The maximum atomic E-state index is 13.0. The predicted octanol–water partition coefficient (Wildman–Crippen LogP) is 3.91. The first-order valence-electron chi connectivity index (χ1n) is 10.9. The minimum absolute atomic E-state index is 0.00572. The molecule has 160 valence electrons.